The highest BCUT2D eigenvalue weighted by molar-refractivity contribution is 6.39. The second-order valence-corrected chi connectivity index (χ2v) is 22.5. The molecule has 0 aliphatic carbocycles. The maximum atomic E-state index is 12.6. The molecule has 11 rings (SSSR count). The standard InChI is InChI=1S/C25H24ClN7O.C14H19N5.C11H9ClN2O2.C8H7FO2.C4H4ClN.C2H4O2/c1-25(2,3)33-22-7-5-15(16-11-28-24(27)29-12-16)9-20(22)31-23(33)19-10-18(34-4)6-8-21(19)32-14-17(26)13-30-32;1-14(2,3)19-12-5-4-9(6-11(12)15)10-7-17-13(16)18-8-10;1-16-10-2-3-11(8(4-10)7-15)14-6-9(12)5-13-14;1-11-7-2-3-8(9)6(4-7)5-10;5-4-1-2-6-3-4;1-2(3)4/h5-14H,1-4H3,(H2,27,28,29);4-8,19H,15H2,1-3H3,(H2,16,17,18);2-7H,1H3;2-5H,1H3;1,3H,2H2;1H3,(H,3,4). The number of nitrogens with zero attached hydrogens (tertiary/aromatic N) is 11. The fourth-order valence-corrected chi connectivity index (χ4v) is 8.68. The molecule has 0 bridgehead atoms. The zero-order chi connectivity index (χ0) is 65.9. The van der Waals surface area contributed by atoms with Crippen LogP contribution >= 0.6 is 34.8 Å². The minimum atomic E-state index is -0.833. The summed E-state index contributed by atoms with van der Waals surface area (Å²) in [6.45, 7) is 14.6. The number of anilines is 4. The Morgan fingerprint density at radius 1 is 0.644 bits per heavy atom. The molecular formula is C64H67Cl3FN15O7. The van der Waals surface area contributed by atoms with Gasteiger partial charge in [0.05, 0.1) is 94.7 Å². The highest BCUT2D eigenvalue weighted by Gasteiger charge is 2.26. The van der Waals surface area contributed by atoms with Crippen LogP contribution in [0.2, 0.25) is 10.0 Å². The molecule has 1 aliphatic heterocycles. The van der Waals surface area contributed by atoms with Crippen LogP contribution in [0.5, 0.6) is 17.2 Å². The molecule has 1 aliphatic rings. The van der Waals surface area contributed by atoms with Crippen molar-refractivity contribution in [2.24, 2.45) is 4.99 Å². The number of fused-ring (bicyclic) bond motifs is 1. The zero-order valence-electron chi connectivity index (χ0n) is 50.9. The van der Waals surface area contributed by atoms with E-state index in [0.29, 0.717) is 44.8 Å². The normalized spacial score (nSPS) is 11.3. The molecule has 0 atom stereocenters. The Labute approximate surface area is 534 Å². The fraction of sp³-hybridized carbons (Fsp3) is 0.203. The first-order valence-electron chi connectivity index (χ1n) is 27.2. The van der Waals surface area contributed by atoms with Gasteiger partial charge in [-0.1, -0.05) is 46.9 Å². The SMILES string of the molecule is CC(=O)O.CC(C)(C)Nc1ccc(-c2cnc(N)nc2)cc1N.COc1ccc(-n2cc(Cl)cn2)c(-c2nc3cc(-c4cnc(N)nc4)ccc3n2C(C)(C)C)c1.COc1ccc(-n2cc(Cl)cn2)c(C=O)c1.COc1ccc(F)c(C=O)c1.ClC1=CCN=C1. The number of carbonyl (C=O) groups is 3. The van der Waals surface area contributed by atoms with Crippen molar-refractivity contribution in [3.63, 3.8) is 0 Å². The van der Waals surface area contributed by atoms with E-state index in [0.717, 1.165) is 86.6 Å². The van der Waals surface area contributed by atoms with Crippen LogP contribution in [-0.4, -0.2) is 112 Å². The van der Waals surface area contributed by atoms with E-state index >= 15 is 0 Å². The average Bonchev–Trinajstić information content (AvgIpc) is 1.62. The number of carboxylic acid groups (broad SMARTS) is 1. The Kier molecular flexibility index (Phi) is 24.2. The number of allylic oxidation sites excluding steroid dienone is 1. The van der Waals surface area contributed by atoms with Gasteiger partial charge in [0, 0.05) is 83.7 Å². The van der Waals surface area contributed by atoms with Crippen LogP contribution in [0.15, 0.2) is 157 Å². The number of ether oxygens (including phenoxy) is 3. The molecule has 0 spiro atoms. The van der Waals surface area contributed by atoms with Crippen molar-refractivity contribution in [3.05, 3.63) is 179 Å². The number of methoxy groups -OCH3 is 3. The number of carbonyl (C=O) groups excluding carboxylic acids is 2. The lowest BCUT2D eigenvalue weighted by atomic mass is 10.0. The van der Waals surface area contributed by atoms with Crippen molar-refractivity contribution in [2.45, 2.75) is 59.5 Å². The number of imidazole rings is 1. The third-order valence-corrected chi connectivity index (χ3v) is 12.9. The molecule has 22 nitrogen and oxygen atoms in total. The Balaban J connectivity index is 0.000000195. The van der Waals surface area contributed by atoms with E-state index in [4.69, 9.17) is 81.1 Å². The Morgan fingerprint density at radius 2 is 1.13 bits per heavy atom. The molecule has 10 aromatic rings. The molecule has 90 heavy (non-hydrogen) atoms. The first kappa shape index (κ1) is 68.9. The van der Waals surface area contributed by atoms with E-state index in [1.54, 1.807) is 91.4 Å². The van der Waals surface area contributed by atoms with Crippen molar-refractivity contribution < 1.29 is 38.1 Å². The molecule has 0 saturated heterocycles. The van der Waals surface area contributed by atoms with Gasteiger partial charge in [-0.2, -0.15) is 10.2 Å². The molecular weight excluding hydrogens is 1220 g/mol. The first-order chi connectivity index (χ1) is 42.7. The van der Waals surface area contributed by atoms with Crippen LogP contribution in [0.1, 0.15) is 69.2 Å². The number of aliphatic imine (C=N–C) groups is 1. The van der Waals surface area contributed by atoms with Crippen molar-refractivity contribution in [3.8, 4) is 62.3 Å². The van der Waals surface area contributed by atoms with Crippen LogP contribution in [0.25, 0.3) is 56.0 Å². The van der Waals surface area contributed by atoms with Gasteiger partial charge in [0.1, 0.15) is 28.9 Å². The lowest BCUT2D eigenvalue weighted by molar-refractivity contribution is -0.134. The van der Waals surface area contributed by atoms with E-state index < -0.39 is 11.8 Å². The van der Waals surface area contributed by atoms with E-state index in [9.17, 15) is 14.0 Å². The van der Waals surface area contributed by atoms with E-state index in [-0.39, 0.29) is 28.5 Å². The van der Waals surface area contributed by atoms with Gasteiger partial charge in [-0.15, -0.1) is 0 Å². The molecule has 26 heteroatoms. The molecule has 5 aromatic carbocycles. The van der Waals surface area contributed by atoms with Crippen LogP contribution in [0, 0.1) is 5.82 Å². The molecule has 8 N–H and O–H groups in total. The van der Waals surface area contributed by atoms with Crippen LogP contribution in [0.3, 0.4) is 0 Å². The molecule has 0 saturated carbocycles. The summed E-state index contributed by atoms with van der Waals surface area (Å²) < 4.78 is 33.5. The number of halogens is 4. The maximum absolute atomic E-state index is 12.6. The highest BCUT2D eigenvalue weighted by atomic mass is 35.5. The topological polar surface area (TPSA) is 307 Å². The number of benzene rings is 5. The summed E-state index contributed by atoms with van der Waals surface area (Å²) >= 11 is 17.4. The lowest BCUT2D eigenvalue weighted by Crippen LogP contribution is -2.26. The third kappa shape index (κ3) is 19.6. The van der Waals surface area contributed by atoms with Gasteiger partial charge in [0.15, 0.2) is 12.6 Å². The number of carboxylic acids is 1. The van der Waals surface area contributed by atoms with Gasteiger partial charge in [-0.05, 0) is 138 Å². The number of aldehydes is 2. The van der Waals surface area contributed by atoms with Crippen LogP contribution in [-0.2, 0) is 10.3 Å². The van der Waals surface area contributed by atoms with E-state index in [1.807, 2.05) is 54.6 Å². The summed E-state index contributed by atoms with van der Waals surface area (Å²) in [5.41, 5.74) is 27.0. The molecule has 468 valence electrons. The summed E-state index contributed by atoms with van der Waals surface area (Å²) in [6, 6.07) is 27.0. The molecule has 0 unspecified atom stereocenters. The van der Waals surface area contributed by atoms with Crippen LogP contribution < -0.4 is 36.7 Å². The summed E-state index contributed by atoms with van der Waals surface area (Å²) in [5.74, 6) is 1.78. The first-order valence-corrected chi connectivity index (χ1v) is 28.3. The molecule has 5 aromatic heterocycles. The maximum Gasteiger partial charge on any atom is 0.300 e. The van der Waals surface area contributed by atoms with Gasteiger partial charge in [-0.25, -0.2) is 38.7 Å². The molecule has 0 radical (unpaired) electrons. The number of rotatable bonds is 11. The second kappa shape index (κ2) is 31.6. The second-order valence-electron chi connectivity index (χ2n) is 21.2. The number of nitrogens with one attached hydrogen (secondary N) is 1. The summed E-state index contributed by atoms with van der Waals surface area (Å²) in [6.07, 6.45) is 18.1. The Bertz CT molecular complexity index is 4130. The summed E-state index contributed by atoms with van der Waals surface area (Å²) in [7, 11) is 4.66. The molecule has 0 fully saturated rings. The smallest absolute Gasteiger partial charge is 0.300 e. The predicted molar refractivity (Wildman–Crippen MR) is 353 cm³/mol. The zero-order valence-corrected chi connectivity index (χ0v) is 53.1. The Hall–Kier alpha value is -10.2. The van der Waals surface area contributed by atoms with Gasteiger partial charge >= 0.3 is 0 Å². The van der Waals surface area contributed by atoms with Gasteiger partial charge in [0.25, 0.3) is 5.97 Å². The summed E-state index contributed by atoms with van der Waals surface area (Å²) in [4.78, 5) is 55.2. The van der Waals surface area contributed by atoms with Crippen LogP contribution in [0.4, 0.5) is 27.7 Å². The Morgan fingerprint density at radius 3 is 1.58 bits per heavy atom. The number of aromatic nitrogens is 10. The monoisotopic (exact) mass is 1280 g/mol. The van der Waals surface area contributed by atoms with Crippen molar-refractivity contribution in [1.29, 1.82) is 0 Å². The quantitative estimate of drug-likeness (QED) is 0.0593. The van der Waals surface area contributed by atoms with Gasteiger partial charge in [0.2, 0.25) is 11.9 Å². The number of hydrogen-bond acceptors (Lipinski definition) is 18. The molecule has 0 amide bonds. The van der Waals surface area contributed by atoms with Crippen molar-refractivity contribution in [2.75, 3.05) is 50.4 Å². The van der Waals surface area contributed by atoms with Crippen molar-refractivity contribution >= 4 is 93.9 Å². The fourth-order valence-electron chi connectivity index (χ4n) is 8.27. The largest absolute Gasteiger partial charge is 0.497 e. The third-order valence-electron chi connectivity index (χ3n) is 12.2. The number of hydrogen-bond donors (Lipinski definition) is 5. The highest BCUT2D eigenvalue weighted by Crippen LogP contribution is 2.38. The average molecular weight is 1280 g/mol. The lowest BCUT2D eigenvalue weighted by Gasteiger charge is -2.25. The number of nitrogens with two attached hydrogens (primary N) is 3. The van der Waals surface area contributed by atoms with Crippen molar-refractivity contribution in [1.82, 2.24) is 49.0 Å². The number of aliphatic carboxylic acids is 1. The van der Waals surface area contributed by atoms with Gasteiger partial charge < -0.3 is 46.4 Å². The van der Waals surface area contributed by atoms with E-state index in [2.05, 4.69) is 92.6 Å². The van der Waals surface area contributed by atoms with Gasteiger partial charge in [-0.3, -0.25) is 19.4 Å². The summed E-state index contributed by atoms with van der Waals surface area (Å²) in [5, 5.41) is 21.1. The minimum Gasteiger partial charge on any atom is -0.497 e. The van der Waals surface area contributed by atoms with E-state index in [1.165, 1.54) is 31.5 Å². The molecule has 6 heterocycles. The number of nitrogen functional groups attached to an aromatic ring is 3. The minimum absolute atomic E-state index is 0.0179. The predicted octanol–water partition coefficient (Wildman–Crippen LogP) is 13.1.